The number of carbonyl (C=O) groups is 5. The number of nitrogens with zero attached hydrogens (tertiary/aromatic N) is 1. The Kier molecular flexibility index (Phi) is 20.0. The number of amides is 1. The first-order valence-electron chi connectivity index (χ1n) is 18.0. The molecule has 0 aromatic heterocycles. The molecule has 0 radical (unpaired) electrons. The molecule has 1 aliphatic rings. The Balaban J connectivity index is 1.95. The Morgan fingerprint density at radius 1 is 0.920 bits per heavy atom. The molecular formula is C37H57N3O10. The molecular weight excluding hydrogens is 646 g/mol. The number of Topliss-reactive ketones (excluding diaryl/α,β-unsaturated/α-hetero) is 1. The molecule has 1 saturated heterocycles. The van der Waals surface area contributed by atoms with E-state index in [0.29, 0.717) is 43.6 Å². The van der Waals surface area contributed by atoms with Crippen LogP contribution in [0.5, 0.6) is 5.75 Å². The molecule has 0 saturated carbocycles. The summed E-state index contributed by atoms with van der Waals surface area (Å²) in [5, 5.41) is 45.6. The van der Waals surface area contributed by atoms with Crippen LogP contribution < -0.4 is 15.4 Å². The Morgan fingerprint density at radius 3 is 2.12 bits per heavy atom. The fourth-order valence-corrected chi connectivity index (χ4v) is 5.88. The molecule has 0 bridgehead atoms. The number of carboxylic acid groups (broad SMARTS) is 3. The van der Waals surface area contributed by atoms with Crippen LogP contribution in [0.1, 0.15) is 96.0 Å². The van der Waals surface area contributed by atoms with E-state index in [-0.39, 0.29) is 12.2 Å². The zero-order chi connectivity index (χ0) is 36.8. The number of allylic oxidation sites excluding steroid dienone is 1. The Labute approximate surface area is 295 Å². The lowest BCUT2D eigenvalue weighted by Crippen LogP contribution is -2.55. The molecule has 3 unspecified atom stereocenters. The van der Waals surface area contributed by atoms with Crippen LogP contribution in [-0.4, -0.2) is 106 Å². The normalized spacial score (nSPS) is 16.0. The van der Waals surface area contributed by atoms with Crippen LogP contribution in [0, 0.1) is 5.92 Å². The van der Waals surface area contributed by atoms with E-state index in [2.05, 4.69) is 22.5 Å². The van der Waals surface area contributed by atoms with Gasteiger partial charge in [-0.3, -0.25) is 19.3 Å². The number of rotatable bonds is 27. The fraction of sp³-hybridized carbons (Fsp3) is 0.649. The van der Waals surface area contributed by atoms with Crippen LogP contribution >= 0.6 is 0 Å². The van der Waals surface area contributed by atoms with E-state index in [4.69, 9.17) is 4.74 Å². The monoisotopic (exact) mass is 703 g/mol. The zero-order valence-corrected chi connectivity index (χ0v) is 29.4. The number of piperazine rings is 1. The molecule has 1 fully saturated rings. The molecule has 1 heterocycles. The predicted octanol–water partition coefficient (Wildman–Crippen LogP) is 3.82. The van der Waals surface area contributed by atoms with Crippen molar-refractivity contribution < 1.29 is 49.1 Å². The summed E-state index contributed by atoms with van der Waals surface area (Å²) < 4.78 is 5.81. The van der Waals surface area contributed by atoms with Crippen molar-refractivity contribution in [2.24, 2.45) is 5.92 Å². The SMILES string of the molecule is CCCCCCCC(=O)CCCCCC/C=C/C(C(=O)NC(Cc1ccc(OCCN2CCNCC2)cc1)C(=O)O)C(O)(CC(=O)O)C(=O)O. The highest BCUT2D eigenvalue weighted by atomic mass is 16.5. The van der Waals surface area contributed by atoms with Crippen LogP contribution in [0.2, 0.25) is 0 Å². The minimum absolute atomic E-state index is 0.148. The third-order valence-corrected chi connectivity index (χ3v) is 8.92. The predicted molar refractivity (Wildman–Crippen MR) is 188 cm³/mol. The average molecular weight is 704 g/mol. The number of unbranched alkanes of at least 4 members (excludes halogenated alkanes) is 8. The molecule has 3 atom stereocenters. The number of carbonyl (C=O) groups excluding carboxylic acids is 2. The van der Waals surface area contributed by atoms with E-state index in [1.165, 1.54) is 12.5 Å². The molecule has 1 amide bonds. The maximum Gasteiger partial charge on any atom is 0.337 e. The topological polar surface area (TPSA) is 203 Å². The fourth-order valence-electron chi connectivity index (χ4n) is 5.88. The Morgan fingerprint density at radius 2 is 1.54 bits per heavy atom. The summed E-state index contributed by atoms with van der Waals surface area (Å²) in [4.78, 5) is 63.5. The average Bonchev–Trinajstić information content (AvgIpc) is 3.07. The molecule has 13 heteroatoms. The molecule has 2 rings (SSSR count). The van der Waals surface area contributed by atoms with Gasteiger partial charge in [0.2, 0.25) is 5.91 Å². The largest absolute Gasteiger partial charge is 0.492 e. The highest BCUT2D eigenvalue weighted by Crippen LogP contribution is 2.26. The van der Waals surface area contributed by atoms with Gasteiger partial charge in [-0.15, -0.1) is 0 Å². The summed E-state index contributed by atoms with van der Waals surface area (Å²) in [7, 11) is 0. The highest BCUT2D eigenvalue weighted by molar-refractivity contribution is 5.94. The first-order valence-corrected chi connectivity index (χ1v) is 18.0. The zero-order valence-electron chi connectivity index (χ0n) is 29.4. The first kappa shape index (κ1) is 42.4. The van der Waals surface area contributed by atoms with Crippen molar-refractivity contribution in [3.05, 3.63) is 42.0 Å². The molecule has 1 aromatic carbocycles. The standard InChI is InChI=1S/C37H57N3O10/c1-2-3-4-7-10-13-29(41)14-11-8-5-6-9-12-15-31(37(49,36(47)48)27-33(42)43)34(44)39-32(35(45)46)26-28-16-18-30(19-17-28)50-25-24-40-22-20-38-21-23-40/h12,15-19,31-32,38,49H,2-11,13-14,20-27H2,1H3,(H,39,44)(H,42,43)(H,45,46)(H,47,48)/b15-12+. The van der Waals surface area contributed by atoms with Crippen LogP contribution in [0.3, 0.4) is 0 Å². The van der Waals surface area contributed by atoms with E-state index in [1.54, 1.807) is 24.3 Å². The number of nitrogens with one attached hydrogen (secondary N) is 2. The Bertz CT molecular complexity index is 1230. The molecule has 50 heavy (non-hydrogen) atoms. The van der Waals surface area contributed by atoms with Crippen LogP contribution in [0.25, 0.3) is 0 Å². The lowest BCUT2D eigenvalue weighted by molar-refractivity contribution is -0.172. The molecule has 1 aliphatic heterocycles. The molecule has 1 aromatic rings. The van der Waals surface area contributed by atoms with E-state index in [0.717, 1.165) is 83.7 Å². The number of ether oxygens (including phenoxy) is 1. The quantitative estimate of drug-likeness (QED) is 0.0572. The van der Waals surface area contributed by atoms with Crippen molar-refractivity contribution in [2.45, 2.75) is 108 Å². The molecule has 0 spiro atoms. The van der Waals surface area contributed by atoms with Crippen molar-refractivity contribution >= 4 is 29.6 Å². The van der Waals surface area contributed by atoms with Crippen molar-refractivity contribution in [3.63, 3.8) is 0 Å². The lowest BCUT2D eigenvalue weighted by Gasteiger charge is -2.29. The van der Waals surface area contributed by atoms with Crippen LogP contribution in [0.4, 0.5) is 0 Å². The number of benzene rings is 1. The minimum atomic E-state index is -3.02. The smallest absolute Gasteiger partial charge is 0.337 e. The van der Waals surface area contributed by atoms with E-state index in [1.807, 2.05) is 0 Å². The number of aliphatic carboxylic acids is 3. The number of hydrogen-bond donors (Lipinski definition) is 6. The van der Waals surface area contributed by atoms with E-state index >= 15 is 0 Å². The summed E-state index contributed by atoms with van der Waals surface area (Å²) in [6.07, 6.45) is 11.3. The number of ketones is 1. The maximum atomic E-state index is 13.4. The minimum Gasteiger partial charge on any atom is -0.492 e. The van der Waals surface area contributed by atoms with Gasteiger partial charge in [0, 0.05) is 52.0 Å². The van der Waals surface area contributed by atoms with Crippen LogP contribution in [-0.2, 0) is 30.4 Å². The summed E-state index contributed by atoms with van der Waals surface area (Å²) in [6, 6.07) is 5.25. The van der Waals surface area contributed by atoms with E-state index in [9.17, 15) is 44.4 Å². The third kappa shape index (κ3) is 16.3. The molecule has 13 nitrogen and oxygen atoms in total. The number of carboxylic acids is 3. The molecule has 6 N–H and O–H groups in total. The van der Waals surface area contributed by atoms with Gasteiger partial charge in [-0.05, 0) is 43.4 Å². The van der Waals surface area contributed by atoms with Gasteiger partial charge < -0.3 is 35.8 Å². The van der Waals surface area contributed by atoms with Gasteiger partial charge in [0.1, 0.15) is 24.2 Å². The third-order valence-electron chi connectivity index (χ3n) is 8.92. The first-order chi connectivity index (χ1) is 24.0. The van der Waals surface area contributed by atoms with Gasteiger partial charge >= 0.3 is 17.9 Å². The molecule has 280 valence electrons. The van der Waals surface area contributed by atoms with Gasteiger partial charge in [0.15, 0.2) is 5.60 Å². The highest BCUT2D eigenvalue weighted by Gasteiger charge is 2.49. The maximum absolute atomic E-state index is 13.4. The summed E-state index contributed by atoms with van der Waals surface area (Å²) >= 11 is 0. The van der Waals surface area contributed by atoms with Crippen molar-refractivity contribution in [1.82, 2.24) is 15.5 Å². The molecule has 0 aliphatic carbocycles. The number of aliphatic hydroxyl groups is 1. The van der Waals surface area contributed by atoms with Gasteiger partial charge in [-0.25, -0.2) is 9.59 Å². The van der Waals surface area contributed by atoms with Gasteiger partial charge in [-0.1, -0.05) is 69.7 Å². The summed E-state index contributed by atoms with van der Waals surface area (Å²) in [5.41, 5.74) is -2.46. The Hall–Kier alpha value is -3.81. The van der Waals surface area contributed by atoms with Gasteiger partial charge in [0.05, 0.1) is 12.3 Å². The summed E-state index contributed by atoms with van der Waals surface area (Å²) in [6.45, 7) is 7.19. The van der Waals surface area contributed by atoms with E-state index < -0.39 is 47.8 Å². The van der Waals surface area contributed by atoms with Gasteiger partial charge in [-0.2, -0.15) is 0 Å². The van der Waals surface area contributed by atoms with Crippen molar-refractivity contribution in [2.75, 3.05) is 39.3 Å². The van der Waals surface area contributed by atoms with Crippen molar-refractivity contribution in [3.8, 4) is 5.75 Å². The second-order valence-corrected chi connectivity index (χ2v) is 13.0. The van der Waals surface area contributed by atoms with Gasteiger partial charge in [0.25, 0.3) is 0 Å². The second-order valence-electron chi connectivity index (χ2n) is 13.0. The second kappa shape index (κ2) is 23.6. The van der Waals surface area contributed by atoms with Crippen molar-refractivity contribution in [1.29, 1.82) is 0 Å². The lowest BCUT2D eigenvalue weighted by atomic mass is 9.82. The summed E-state index contributed by atoms with van der Waals surface area (Å²) in [5.74, 6) is -7.07. The van der Waals surface area contributed by atoms with Crippen LogP contribution in [0.15, 0.2) is 36.4 Å². The number of hydrogen-bond acceptors (Lipinski definition) is 9.